The van der Waals surface area contributed by atoms with Crippen LogP contribution in [0.4, 0.5) is 10.6 Å². The highest BCUT2D eigenvalue weighted by Gasteiger charge is 2.42. The molecule has 2 aliphatic heterocycles. The maximum absolute atomic E-state index is 11.9. The summed E-state index contributed by atoms with van der Waals surface area (Å²) >= 11 is 6.96. The number of hydrogen-bond donors (Lipinski definition) is 2. The smallest absolute Gasteiger partial charge is 0.404 e. The number of piperidine rings is 1. The average molecular weight is 610 g/mol. The summed E-state index contributed by atoms with van der Waals surface area (Å²) < 4.78 is 9.67. The van der Waals surface area contributed by atoms with Gasteiger partial charge >= 0.3 is 6.09 Å². The fraction of sp³-hybridized carbons (Fsp3) is 0.483. The van der Waals surface area contributed by atoms with E-state index in [2.05, 4.69) is 35.0 Å². The molecule has 0 saturated carbocycles. The summed E-state index contributed by atoms with van der Waals surface area (Å²) in [5.74, 6) is 0.786. The van der Waals surface area contributed by atoms with E-state index in [1.165, 1.54) is 0 Å². The topological polar surface area (TPSA) is 127 Å². The fourth-order valence-corrected chi connectivity index (χ4v) is 7.57. The van der Waals surface area contributed by atoms with Crippen molar-refractivity contribution in [2.45, 2.75) is 76.2 Å². The number of hydrogen-bond acceptors (Lipinski definition) is 7. The first-order chi connectivity index (χ1) is 20.0. The van der Waals surface area contributed by atoms with Crippen LogP contribution in [0.5, 0.6) is 0 Å². The summed E-state index contributed by atoms with van der Waals surface area (Å²) in [4.78, 5) is 35.5. The molecular weight excluding hydrogens is 574 g/mol. The molecule has 3 aromatic heterocycles. The summed E-state index contributed by atoms with van der Waals surface area (Å²) in [6.45, 7) is 7.96. The molecule has 222 valence electrons. The van der Waals surface area contributed by atoms with E-state index in [1.54, 1.807) is 11.7 Å². The predicted octanol–water partition coefficient (Wildman–Crippen LogP) is 5.53. The third kappa shape index (κ3) is 5.27. The van der Waals surface area contributed by atoms with Crippen molar-refractivity contribution in [3.05, 3.63) is 35.2 Å². The lowest BCUT2D eigenvalue weighted by molar-refractivity contribution is 0.0899. The van der Waals surface area contributed by atoms with Gasteiger partial charge in [-0.05, 0) is 37.8 Å². The summed E-state index contributed by atoms with van der Waals surface area (Å²) in [6, 6.07) is 5.18. The van der Waals surface area contributed by atoms with Gasteiger partial charge in [-0.15, -0.1) is 0 Å². The Balaban J connectivity index is 1.40. The molecular formula is C29H36ClN7O4Si. The maximum atomic E-state index is 11.9. The van der Waals surface area contributed by atoms with Crippen LogP contribution in [-0.4, -0.2) is 74.6 Å². The van der Waals surface area contributed by atoms with Gasteiger partial charge in [0.2, 0.25) is 0 Å². The van der Waals surface area contributed by atoms with Crippen molar-refractivity contribution in [3.63, 3.8) is 0 Å². The number of carboxylic acid groups (broad SMARTS) is 1. The third-order valence-electron chi connectivity index (χ3n) is 8.49. The number of benzene rings is 1. The first-order valence-corrected chi connectivity index (χ1v) is 18.4. The molecule has 2 fully saturated rings. The molecule has 1 amide bonds. The number of nitrogens with zero attached hydrogens (tertiary/aromatic N) is 6. The Hall–Kier alpha value is -3.48. The van der Waals surface area contributed by atoms with Crippen LogP contribution in [0.3, 0.4) is 0 Å². The van der Waals surface area contributed by atoms with Gasteiger partial charge in [0, 0.05) is 62.6 Å². The normalized spacial score (nSPS) is 20.5. The number of carbonyl (C=O) groups excluding carboxylic acids is 1. The van der Waals surface area contributed by atoms with E-state index in [0.717, 1.165) is 55.0 Å². The Morgan fingerprint density at radius 2 is 1.95 bits per heavy atom. The van der Waals surface area contributed by atoms with Crippen LogP contribution >= 0.6 is 11.6 Å². The van der Waals surface area contributed by atoms with E-state index in [9.17, 15) is 14.7 Å². The van der Waals surface area contributed by atoms with E-state index in [4.69, 9.17) is 26.3 Å². The Labute approximate surface area is 249 Å². The third-order valence-corrected chi connectivity index (χ3v) is 10.6. The molecule has 5 heterocycles. The zero-order valence-corrected chi connectivity index (χ0v) is 26.1. The Bertz CT molecular complexity index is 1670. The van der Waals surface area contributed by atoms with Crippen molar-refractivity contribution in [1.82, 2.24) is 29.6 Å². The van der Waals surface area contributed by atoms with Crippen LogP contribution in [0.15, 0.2) is 24.5 Å². The fourth-order valence-electron chi connectivity index (χ4n) is 6.46. The van der Waals surface area contributed by atoms with Gasteiger partial charge in [0.15, 0.2) is 11.9 Å². The minimum atomic E-state index is -1.26. The van der Waals surface area contributed by atoms with Gasteiger partial charge < -0.3 is 24.6 Å². The quantitative estimate of drug-likeness (QED) is 0.144. The highest BCUT2D eigenvalue weighted by atomic mass is 35.5. The summed E-state index contributed by atoms with van der Waals surface area (Å²) in [5.41, 5.74) is 4.00. The molecule has 13 heteroatoms. The van der Waals surface area contributed by atoms with Crippen molar-refractivity contribution in [3.8, 4) is 11.1 Å². The van der Waals surface area contributed by atoms with Gasteiger partial charge in [-0.2, -0.15) is 5.10 Å². The van der Waals surface area contributed by atoms with Crippen molar-refractivity contribution in [1.29, 1.82) is 0 Å². The Morgan fingerprint density at radius 1 is 1.21 bits per heavy atom. The van der Waals surface area contributed by atoms with Crippen LogP contribution in [0.2, 0.25) is 30.7 Å². The molecule has 0 radical (unpaired) electrons. The van der Waals surface area contributed by atoms with Crippen molar-refractivity contribution < 1.29 is 19.4 Å². The number of aryl methyl sites for hydroxylation is 1. The lowest BCUT2D eigenvalue weighted by atomic mass is 9.97. The number of nitrogens with one attached hydrogen (secondary N) is 1. The largest absolute Gasteiger partial charge is 0.465 e. The van der Waals surface area contributed by atoms with Gasteiger partial charge in [0.25, 0.3) is 0 Å². The molecule has 2 aliphatic rings. The molecule has 6 rings (SSSR count). The van der Waals surface area contributed by atoms with E-state index in [1.807, 2.05) is 29.1 Å². The van der Waals surface area contributed by atoms with Crippen LogP contribution in [0.1, 0.15) is 36.2 Å². The van der Waals surface area contributed by atoms with Crippen LogP contribution in [0, 0.1) is 0 Å². The van der Waals surface area contributed by atoms with E-state index in [0.29, 0.717) is 46.1 Å². The van der Waals surface area contributed by atoms with Gasteiger partial charge in [-0.25, -0.2) is 14.8 Å². The lowest BCUT2D eigenvalue weighted by Gasteiger charge is -2.39. The number of fused-ring (bicyclic) bond motifs is 4. The van der Waals surface area contributed by atoms with Crippen molar-refractivity contribution in [2.75, 3.05) is 11.5 Å². The first-order valence-electron chi connectivity index (χ1n) is 14.4. The van der Waals surface area contributed by atoms with Gasteiger partial charge in [0.1, 0.15) is 23.8 Å². The number of amides is 1. The number of anilines is 1. The second-order valence-corrected chi connectivity index (χ2v) is 18.6. The summed E-state index contributed by atoms with van der Waals surface area (Å²) in [5, 5.41) is 17.4. The Kier molecular flexibility index (Phi) is 7.48. The molecule has 2 N–H and O–H groups in total. The number of carbonyl (C=O) groups is 2. The second-order valence-electron chi connectivity index (χ2n) is 12.6. The van der Waals surface area contributed by atoms with Crippen LogP contribution in [0.25, 0.3) is 33.2 Å². The second kappa shape index (κ2) is 11.0. The first kappa shape index (κ1) is 28.6. The monoisotopic (exact) mass is 609 g/mol. The zero-order valence-electron chi connectivity index (χ0n) is 24.3. The summed E-state index contributed by atoms with van der Waals surface area (Å²) in [6.07, 6.45) is 7.06. The number of aldehydes is 1. The lowest BCUT2D eigenvalue weighted by Crippen LogP contribution is -2.50. The van der Waals surface area contributed by atoms with Crippen LogP contribution in [-0.2, 0) is 18.5 Å². The van der Waals surface area contributed by atoms with Crippen molar-refractivity contribution >= 4 is 59.9 Å². The van der Waals surface area contributed by atoms with E-state index >= 15 is 0 Å². The number of aromatic nitrogens is 5. The molecule has 2 saturated heterocycles. The Morgan fingerprint density at radius 3 is 2.62 bits per heavy atom. The molecule has 1 unspecified atom stereocenters. The molecule has 0 spiro atoms. The maximum Gasteiger partial charge on any atom is 0.404 e. The summed E-state index contributed by atoms with van der Waals surface area (Å²) in [7, 11) is 0.468. The molecule has 11 nitrogen and oxygen atoms in total. The number of ether oxygens (including phenoxy) is 1. The van der Waals surface area contributed by atoms with E-state index < -0.39 is 14.2 Å². The minimum absolute atomic E-state index is 0.0519. The zero-order chi connectivity index (χ0) is 29.8. The van der Waals surface area contributed by atoms with Gasteiger partial charge in [0.05, 0.1) is 16.7 Å². The molecule has 0 aliphatic carbocycles. The van der Waals surface area contributed by atoms with Crippen LogP contribution < -0.4 is 10.2 Å². The molecule has 1 aromatic carbocycles. The minimum Gasteiger partial charge on any atom is -0.465 e. The van der Waals surface area contributed by atoms with E-state index in [-0.39, 0.29) is 18.1 Å². The average Bonchev–Trinajstić information content (AvgIpc) is 3.54. The predicted molar refractivity (Wildman–Crippen MR) is 165 cm³/mol. The van der Waals surface area contributed by atoms with Gasteiger partial charge in [-0.1, -0.05) is 37.3 Å². The molecule has 2 bridgehead atoms. The highest BCUT2D eigenvalue weighted by molar-refractivity contribution is 6.76. The molecule has 4 aromatic rings. The molecule has 3 atom stereocenters. The standard InChI is InChI=1S/C29H36ClN7O4Si/c1-35-23(15-38)25-22(34-35)8-7-20(26(25)30)21-14-36(16-41-9-10-42(2,3)4)28-27(21)31-13-24(33-28)37-18-5-6-19(37)12-17(11-18)32-29(39)40/h7-8,13-15,17-19,32H,5-6,9-12,16H2,1-4H3,(H,39,40)/t17?,18-,19+. The highest BCUT2D eigenvalue weighted by Crippen LogP contribution is 2.41. The van der Waals surface area contributed by atoms with Gasteiger partial charge in [-0.3, -0.25) is 9.48 Å². The molecule has 42 heavy (non-hydrogen) atoms. The number of rotatable bonds is 9. The number of halogens is 1. The van der Waals surface area contributed by atoms with Crippen molar-refractivity contribution in [2.24, 2.45) is 7.05 Å². The SMILES string of the molecule is Cn1nc2ccc(-c3cn(COCC[Si](C)(C)C)c4nc(N5[C@@H]6CC[C@H]5CC(NC(=O)O)C6)cnc34)c(Cl)c2c1C=O.